The molecule has 1 heterocycles. The van der Waals surface area contributed by atoms with E-state index in [-0.39, 0.29) is 11.9 Å². The third-order valence-corrected chi connectivity index (χ3v) is 5.09. The number of nitrogens with zero attached hydrogens (tertiary/aromatic N) is 1. The average Bonchev–Trinajstić information content (AvgIpc) is 2.64. The highest BCUT2D eigenvalue weighted by atomic mass is 35.5. The molecule has 0 saturated heterocycles. The number of benzene rings is 2. The summed E-state index contributed by atoms with van der Waals surface area (Å²) in [5.74, 6) is -0.299. The Labute approximate surface area is 169 Å². The third kappa shape index (κ3) is 4.12. The lowest BCUT2D eigenvalue weighted by atomic mass is 9.94. The molecule has 146 valence electrons. The van der Waals surface area contributed by atoms with Crippen LogP contribution in [0.2, 0.25) is 5.02 Å². The number of aryl methyl sites for hydroxylation is 1. The van der Waals surface area contributed by atoms with Crippen LogP contribution in [0.5, 0.6) is 0 Å². The standard InChI is InChI=1S/C21H23ClN4O2/c1-12-5-8-15(11-17(12)22)24-20(27)18-13(2)23-21(28)25-19(18)14-6-9-16(10-7-14)26(3)4/h5-11,19H,1-4H3,(H,24,27)(H2,23,25,28)/t19-/m1/s1. The molecule has 3 rings (SSSR count). The molecule has 3 N–H and O–H groups in total. The molecule has 1 atom stereocenters. The minimum Gasteiger partial charge on any atom is -0.378 e. The Morgan fingerprint density at radius 2 is 1.79 bits per heavy atom. The molecule has 1 aliphatic rings. The molecule has 7 heteroatoms. The van der Waals surface area contributed by atoms with Gasteiger partial charge < -0.3 is 20.9 Å². The summed E-state index contributed by atoms with van der Waals surface area (Å²) in [5.41, 5.74) is 4.35. The summed E-state index contributed by atoms with van der Waals surface area (Å²) < 4.78 is 0. The van der Waals surface area contributed by atoms with Crippen molar-refractivity contribution in [2.75, 3.05) is 24.3 Å². The molecule has 0 aliphatic carbocycles. The fraction of sp³-hybridized carbons (Fsp3) is 0.238. The lowest BCUT2D eigenvalue weighted by Gasteiger charge is -2.29. The van der Waals surface area contributed by atoms with Crippen LogP contribution in [0.15, 0.2) is 53.7 Å². The number of carbonyl (C=O) groups excluding carboxylic acids is 2. The van der Waals surface area contributed by atoms with Gasteiger partial charge in [0.2, 0.25) is 0 Å². The summed E-state index contributed by atoms with van der Waals surface area (Å²) in [6.07, 6.45) is 0. The zero-order valence-electron chi connectivity index (χ0n) is 16.3. The summed E-state index contributed by atoms with van der Waals surface area (Å²) in [6, 6.07) is 12.2. The fourth-order valence-corrected chi connectivity index (χ4v) is 3.26. The molecule has 1 aliphatic heterocycles. The first-order chi connectivity index (χ1) is 13.3. The predicted octanol–water partition coefficient (Wildman–Crippen LogP) is 3.98. The molecule has 0 spiro atoms. The number of nitrogens with one attached hydrogen (secondary N) is 3. The number of carbonyl (C=O) groups is 2. The molecule has 2 aromatic carbocycles. The van der Waals surface area contributed by atoms with Crippen molar-refractivity contribution < 1.29 is 9.59 Å². The van der Waals surface area contributed by atoms with Crippen LogP contribution in [0, 0.1) is 6.92 Å². The van der Waals surface area contributed by atoms with Crippen LogP contribution >= 0.6 is 11.6 Å². The fourth-order valence-electron chi connectivity index (χ4n) is 3.08. The van der Waals surface area contributed by atoms with E-state index < -0.39 is 6.04 Å². The number of hydrogen-bond donors (Lipinski definition) is 3. The van der Waals surface area contributed by atoms with Crippen LogP contribution < -0.4 is 20.9 Å². The molecule has 0 saturated carbocycles. The summed E-state index contributed by atoms with van der Waals surface area (Å²) in [4.78, 5) is 27.0. The Bertz CT molecular complexity index is 951. The minimum atomic E-state index is -0.550. The van der Waals surface area contributed by atoms with Crippen molar-refractivity contribution >= 4 is 34.9 Å². The topological polar surface area (TPSA) is 73.5 Å². The SMILES string of the molecule is CC1=C(C(=O)Nc2ccc(C)c(Cl)c2)[C@@H](c2ccc(N(C)C)cc2)NC(=O)N1. The first-order valence-electron chi connectivity index (χ1n) is 8.89. The van der Waals surface area contributed by atoms with Crippen LogP contribution in [-0.2, 0) is 4.79 Å². The van der Waals surface area contributed by atoms with Gasteiger partial charge in [-0.3, -0.25) is 4.79 Å². The number of hydrogen-bond acceptors (Lipinski definition) is 3. The summed E-state index contributed by atoms with van der Waals surface area (Å²) in [5, 5.41) is 8.97. The van der Waals surface area contributed by atoms with Gasteiger partial charge in [0.15, 0.2) is 0 Å². The minimum absolute atomic E-state index is 0.299. The van der Waals surface area contributed by atoms with Crippen molar-refractivity contribution in [2.45, 2.75) is 19.9 Å². The second kappa shape index (κ2) is 7.94. The molecule has 0 bridgehead atoms. The lowest BCUT2D eigenvalue weighted by molar-refractivity contribution is -0.113. The predicted molar refractivity (Wildman–Crippen MR) is 113 cm³/mol. The van der Waals surface area contributed by atoms with Gasteiger partial charge in [-0.15, -0.1) is 0 Å². The first-order valence-corrected chi connectivity index (χ1v) is 9.27. The molecule has 6 nitrogen and oxygen atoms in total. The van der Waals surface area contributed by atoms with Crippen molar-refractivity contribution in [1.82, 2.24) is 10.6 Å². The molecular formula is C21H23ClN4O2. The molecule has 0 fully saturated rings. The van der Waals surface area contributed by atoms with Gasteiger partial charge in [-0.1, -0.05) is 29.8 Å². The van der Waals surface area contributed by atoms with E-state index in [4.69, 9.17) is 11.6 Å². The molecule has 0 aromatic heterocycles. The monoisotopic (exact) mass is 398 g/mol. The average molecular weight is 399 g/mol. The van der Waals surface area contributed by atoms with Gasteiger partial charge in [-0.2, -0.15) is 0 Å². The van der Waals surface area contributed by atoms with Crippen molar-refractivity contribution in [2.24, 2.45) is 0 Å². The van der Waals surface area contributed by atoms with Gasteiger partial charge in [0.1, 0.15) is 0 Å². The van der Waals surface area contributed by atoms with E-state index in [9.17, 15) is 9.59 Å². The Morgan fingerprint density at radius 3 is 2.39 bits per heavy atom. The zero-order chi connectivity index (χ0) is 20.4. The van der Waals surface area contributed by atoms with E-state index >= 15 is 0 Å². The first kappa shape index (κ1) is 19.8. The van der Waals surface area contributed by atoms with Crippen molar-refractivity contribution in [3.05, 3.63) is 69.9 Å². The Balaban J connectivity index is 1.92. The van der Waals surface area contributed by atoms with Crippen LogP contribution in [0.4, 0.5) is 16.2 Å². The van der Waals surface area contributed by atoms with Gasteiger partial charge in [0, 0.05) is 36.2 Å². The lowest BCUT2D eigenvalue weighted by Crippen LogP contribution is -2.45. The number of amides is 3. The molecule has 0 radical (unpaired) electrons. The molecule has 28 heavy (non-hydrogen) atoms. The number of urea groups is 1. The Morgan fingerprint density at radius 1 is 1.11 bits per heavy atom. The van der Waals surface area contributed by atoms with Gasteiger partial charge in [-0.25, -0.2) is 4.79 Å². The molecule has 3 amide bonds. The number of allylic oxidation sites excluding steroid dienone is 1. The van der Waals surface area contributed by atoms with Crippen LogP contribution in [0.3, 0.4) is 0 Å². The second-order valence-electron chi connectivity index (χ2n) is 6.97. The van der Waals surface area contributed by atoms with Crippen molar-refractivity contribution in [1.29, 1.82) is 0 Å². The molecular weight excluding hydrogens is 376 g/mol. The number of anilines is 2. The van der Waals surface area contributed by atoms with Crippen molar-refractivity contribution in [3.63, 3.8) is 0 Å². The summed E-state index contributed by atoms with van der Waals surface area (Å²) in [7, 11) is 3.91. The normalized spacial score (nSPS) is 16.3. The van der Waals surface area contributed by atoms with Gasteiger partial charge >= 0.3 is 6.03 Å². The highest BCUT2D eigenvalue weighted by molar-refractivity contribution is 6.31. The van der Waals surface area contributed by atoms with E-state index in [1.54, 1.807) is 19.1 Å². The Kier molecular flexibility index (Phi) is 5.61. The van der Waals surface area contributed by atoms with E-state index in [0.717, 1.165) is 16.8 Å². The molecule has 0 unspecified atom stereocenters. The van der Waals surface area contributed by atoms with E-state index in [1.807, 2.05) is 56.3 Å². The largest absolute Gasteiger partial charge is 0.378 e. The zero-order valence-corrected chi connectivity index (χ0v) is 17.0. The Hall–Kier alpha value is -2.99. The van der Waals surface area contributed by atoms with Crippen LogP contribution in [0.25, 0.3) is 0 Å². The smallest absolute Gasteiger partial charge is 0.319 e. The van der Waals surface area contributed by atoms with Gasteiger partial charge in [-0.05, 0) is 49.2 Å². The quantitative estimate of drug-likeness (QED) is 0.729. The summed E-state index contributed by atoms with van der Waals surface area (Å²) >= 11 is 6.16. The maximum atomic E-state index is 13.0. The van der Waals surface area contributed by atoms with Crippen LogP contribution in [-0.4, -0.2) is 26.0 Å². The number of halogens is 1. The highest BCUT2D eigenvalue weighted by Gasteiger charge is 2.31. The molecule has 2 aromatic rings. The maximum absolute atomic E-state index is 13.0. The number of rotatable bonds is 4. The summed E-state index contributed by atoms with van der Waals surface area (Å²) in [6.45, 7) is 3.62. The van der Waals surface area contributed by atoms with E-state index in [0.29, 0.717) is 22.0 Å². The van der Waals surface area contributed by atoms with E-state index in [2.05, 4.69) is 16.0 Å². The van der Waals surface area contributed by atoms with E-state index in [1.165, 1.54) is 0 Å². The van der Waals surface area contributed by atoms with Crippen LogP contribution in [0.1, 0.15) is 24.1 Å². The maximum Gasteiger partial charge on any atom is 0.319 e. The van der Waals surface area contributed by atoms with Crippen molar-refractivity contribution in [3.8, 4) is 0 Å². The third-order valence-electron chi connectivity index (χ3n) is 4.69. The second-order valence-corrected chi connectivity index (χ2v) is 7.38. The van der Waals surface area contributed by atoms with Gasteiger partial charge in [0.25, 0.3) is 5.91 Å². The highest BCUT2D eigenvalue weighted by Crippen LogP contribution is 2.29. The van der Waals surface area contributed by atoms with Gasteiger partial charge in [0.05, 0.1) is 11.6 Å².